The van der Waals surface area contributed by atoms with E-state index in [2.05, 4.69) is 28.4 Å². The van der Waals surface area contributed by atoms with Crippen molar-refractivity contribution in [2.24, 2.45) is 5.92 Å². The third kappa shape index (κ3) is 2.69. The molecular formula is C13H22N4. The van der Waals surface area contributed by atoms with Crippen LogP contribution in [0.3, 0.4) is 0 Å². The van der Waals surface area contributed by atoms with E-state index in [1.165, 1.54) is 25.9 Å². The molecule has 0 spiro atoms. The lowest BCUT2D eigenvalue weighted by atomic mass is 10.1. The van der Waals surface area contributed by atoms with Gasteiger partial charge in [-0.1, -0.05) is 0 Å². The molecular weight excluding hydrogens is 212 g/mol. The SMILES string of the molecule is CC1CN(CCn2cccn2)C(C2CC2)CN1. The van der Waals surface area contributed by atoms with Gasteiger partial charge in [0.15, 0.2) is 0 Å². The Morgan fingerprint density at radius 2 is 2.24 bits per heavy atom. The molecule has 2 fully saturated rings. The fourth-order valence-corrected chi connectivity index (χ4v) is 2.87. The van der Waals surface area contributed by atoms with Crippen LogP contribution in [-0.2, 0) is 6.54 Å². The molecule has 3 rings (SSSR count). The standard InChI is InChI=1S/C13H22N4/c1-11-10-16(7-8-17-6-2-5-15-17)13(9-14-11)12-3-4-12/h2,5-6,11-14H,3-4,7-10H2,1H3. The van der Waals surface area contributed by atoms with E-state index in [-0.39, 0.29) is 0 Å². The van der Waals surface area contributed by atoms with Crippen LogP contribution in [0.25, 0.3) is 0 Å². The first-order valence-corrected chi connectivity index (χ1v) is 6.78. The molecule has 4 nitrogen and oxygen atoms in total. The minimum absolute atomic E-state index is 0.627. The van der Waals surface area contributed by atoms with Crippen molar-refractivity contribution < 1.29 is 0 Å². The van der Waals surface area contributed by atoms with Crippen molar-refractivity contribution in [3.05, 3.63) is 18.5 Å². The average molecular weight is 234 g/mol. The van der Waals surface area contributed by atoms with Gasteiger partial charge in [-0.05, 0) is 31.7 Å². The van der Waals surface area contributed by atoms with Gasteiger partial charge in [0.25, 0.3) is 0 Å². The molecule has 1 aromatic rings. The van der Waals surface area contributed by atoms with E-state index < -0.39 is 0 Å². The summed E-state index contributed by atoms with van der Waals surface area (Å²) in [7, 11) is 0. The van der Waals surface area contributed by atoms with Gasteiger partial charge in [0.1, 0.15) is 0 Å². The summed E-state index contributed by atoms with van der Waals surface area (Å²) < 4.78 is 2.04. The number of piperazine rings is 1. The molecule has 1 saturated heterocycles. The molecule has 1 N–H and O–H groups in total. The van der Waals surface area contributed by atoms with Gasteiger partial charge in [0.05, 0.1) is 6.54 Å². The molecule has 0 bridgehead atoms. The molecule has 2 heterocycles. The second-order valence-electron chi connectivity index (χ2n) is 5.48. The van der Waals surface area contributed by atoms with Crippen molar-refractivity contribution in [2.45, 2.75) is 38.4 Å². The van der Waals surface area contributed by atoms with Gasteiger partial charge in [-0.15, -0.1) is 0 Å². The van der Waals surface area contributed by atoms with E-state index in [4.69, 9.17) is 0 Å². The van der Waals surface area contributed by atoms with E-state index in [9.17, 15) is 0 Å². The van der Waals surface area contributed by atoms with Gasteiger partial charge in [0.2, 0.25) is 0 Å². The van der Waals surface area contributed by atoms with Gasteiger partial charge >= 0.3 is 0 Å². The molecule has 4 heteroatoms. The predicted molar refractivity (Wildman–Crippen MR) is 67.8 cm³/mol. The topological polar surface area (TPSA) is 33.1 Å². The summed E-state index contributed by atoms with van der Waals surface area (Å²) in [5.74, 6) is 0.952. The Morgan fingerprint density at radius 3 is 2.94 bits per heavy atom. The molecule has 2 aliphatic rings. The smallest absolute Gasteiger partial charge is 0.0536 e. The van der Waals surface area contributed by atoms with Crippen LogP contribution < -0.4 is 5.32 Å². The summed E-state index contributed by atoms with van der Waals surface area (Å²) in [4.78, 5) is 2.67. The van der Waals surface area contributed by atoms with Gasteiger partial charge < -0.3 is 5.32 Å². The Bertz CT molecular complexity index is 344. The molecule has 0 aromatic carbocycles. The number of rotatable bonds is 4. The van der Waals surface area contributed by atoms with Crippen LogP contribution in [0, 0.1) is 5.92 Å². The van der Waals surface area contributed by atoms with Gasteiger partial charge in [-0.2, -0.15) is 5.10 Å². The lowest BCUT2D eigenvalue weighted by Crippen LogP contribution is -2.56. The Balaban J connectivity index is 1.57. The summed E-state index contributed by atoms with van der Waals surface area (Å²) in [6.45, 7) is 6.79. The normalized spacial score (nSPS) is 30.6. The average Bonchev–Trinajstić information content (AvgIpc) is 3.03. The van der Waals surface area contributed by atoms with Gasteiger partial charge in [-0.3, -0.25) is 9.58 Å². The maximum absolute atomic E-state index is 4.28. The highest BCUT2D eigenvalue weighted by Gasteiger charge is 2.37. The second-order valence-corrected chi connectivity index (χ2v) is 5.48. The lowest BCUT2D eigenvalue weighted by Gasteiger charge is -2.39. The zero-order valence-corrected chi connectivity index (χ0v) is 10.5. The zero-order valence-electron chi connectivity index (χ0n) is 10.5. The summed E-state index contributed by atoms with van der Waals surface area (Å²) in [6, 6.07) is 3.39. The third-order valence-electron chi connectivity index (χ3n) is 3.99. The first-order chi connectivity index (χ1) is 8.33. The van der Waals surface area contributed by atoms with Crippen LogP contribution in [0.1, 0.15) is 19.8 Å². The number of hydrogen-bond acceptors (Lipinski definition) is 3. The number of nitrogens with zero attached hydrogens (tertiary/aromatic N) is 3. The number of aromatic nitrogens is 2. The second kappa shape index (κ2) is 4.78. The van der Waals surface area contributed by atoms with Crippen LogP contribution in [0.15, 0.2) is 18.5 Å². The highest BCUT2D eigenvalue weighted by Crippen LogP contribution is 2.36. The Hall–Kier alpha value is -0.870. The summed E-state index contributed by atoms with van der Waals surface area (Å²) in [6.07, 6.45) is 6.77. The largest absolute Gasteiger partial charge is 0.311 e. The summed E-state index contributed by atoms with van der Waals surface area (Å²) in [5, 5.41) is 7.89. The Kier molecular flexibility index (Phi) is 3.16. The number of nitrogens with one attached hydrogen (secondary N) is 1. The van der Waals surface area contributed by atoms with Gasteiger partial charge in [-0.25, -0.2) is 0 Å². The van der Waals surface area contributed by atoms with E-state index in [1.54, 1.807) is 0 Å². The highest BCUT2D eigenvalue weighted by atomic mass is 15.3. The predicted octanol–water partition coefficient (Wildman–Crippen LogP) is 0.955. The van der Waals surface area contributed by atoms with E-state index in [0.29, 0.717) is 6.04 Å². The third-order valence-corrected chi connectivity index (χ3v) is 3.99. The zero-order chi connectivity index (χ0) is 11.7. The molecule has 1 aliphatic carbocycles. The minimum Gasteiger partial charge on any atom is -0.311 e. The molecule has 17 heavy (non-hydrogen) atoms. The van der Waals surface area contributed by atoms with E-state index in [0.717, 1.165) is 25.0 Å². The van der Waals surface area contributed by atoms with Crippen molar-refractivity contribution >= 4 is 0 Å². The first-order valence-electron chi connectivity index (χ1n) is 6.78. The Labute approximate surface area is 103 Å². The van der Waals surface area contributed by atoms with Crippen molar-refractivity contribution in [1.82, 2.24) is 20.0 Å². The van der Waals surface area contributed by atoms with E-state index >= 15 is 0 Å². The van der Waals surface area contributed by atoms with Crippen molar-refractivity contribution in [2.75, 3.05) is 19.6 Å². The molecule has 94 valence electrons. The molecule has 1 aromatic heterocycles. The van der Waals surface area contributed by atoms with Crippen molar-refractivity contribution in [3.63, 3.8) is 0 Å². The molecule has 0 radical (unpaired) electrons. The lowest BCUT2D eigenvalue weighted by molar-refractivity contribution is 0.114. The van der Waals surface area contributed by atoms with Crippen molar-refractivity contribution in [3.8, 4) is 0 Å². The molecule has 0 amide bonds. The van der Waals surface area contributed by atoms with E-state index in [1.807, 2.05) is 16.9 Å². The molecule has 1 aliphatic heterocycles. The molecule has 1 saturated carbocycles. The maximum Gasteiger partial charge on any atom is 0.0536 e. The minimum atomic E-state index is 0.627. The van der Waals surface area contributed by atoms with Crippen LogP contribution in [0.4, 0.5) is 0 Å². The molecule has 2 unspecified atom stereocenters. The fraction of sp³-hybridized carbons (Fsp3) is 0.769. The fourth-order valence-electron chi connectivity index (χ4n) is 2.87. The van der Waals surface area contributed by atoms with Crippen LogP contribution in [0.2, 0.25) is 0 Å². The molecule has 2 atom stereocenters. The monoisotopic (exact) mass is 234 g/mol. The highest BCUT2D eigenvalue weighted by molar-refractivity contribution is 4.94. The van der Waals surface area contributed by atoms with Gasteiger partial charge in [0, 0.05) is 44.1 Å². The Morgan fingerprint density at radius 1 is 1.35 bits per heavy atom. The van der Waals surface area contributed by atoms with Crippen LogP contribution in [0.5, 0.6) is 0 Å². The van der Waals surface area contributed by atoms with Crippen LogP contribution in [-0.4, -0.2) is 46.4 Å². The summed E-state index contributed by atoms with van der Waals surface area (Å²) in [5.41, 5.74) is 0. The van der Waals surface area contributed by atoms with Crippen molar-refractivity contribution in [1.29, 1.82) is 0 Å². The number of hydrogen-bond donors (Lipinski definition) is 1. The van der Waals surface area contributed by atoms with Crippen LogP contribution >= 0.6 is 0 Å². The maximum atomic E-state index is 4.28. The quantitative estimate of drug-likeness (QED) is 0.842. The summed E-state index contributed by atoms with van der Waals surface area (Å²) >= 11 is 0. The first kappa shape index (κ1) is 11.2.